The van der Waals surface area contributed by atoms with E-state index in [1.165, 1.54) is 68.9 Å². The Hall–Kier alpha value is -1.92. The molecule has 2 aliphatic carbocycles. The first-order valence-corrected chi connectivity index (χ1v) is 42.3. The van der Waals surface area contributed by atoms with E-state index < -0.39 is 12.1 Å². The molecule has 0 saturated heterocycles. The fourth-order valence-corrected chi connectivity index (χ4v) is 10.1. The van der Waals surface area contributed by atoms with Crippen LogP contribution in [0.2, 0.25) is 0 Å². The van der Waals surface area contributed by atoms with E-state index in [2.05, 4.69) is 133 Å². The number of halogens is 4. The number of aliphatic hydroxyl groups excluding tert-OH is 2. The maximum Gasteiger partial charge on any atom is 0.0662 e. The van der Waals surface area contributed by atoms with Gasteiger partial charge in [-0.1, -0.05) is 116 Å². The number of fused-ring (bicyclic) bond motifs is 2. The van der Waals surface area contributed by atoms with Crippen molar-refractivity contribution in [2.45, 2.75) is 112 Å². The number of Topliss-reactive ketones (excluding diaryl/α,β-unsaturated/α-hetero) is 1. The van der Waals surface area contributed by atoms with Gasteiger partial charge in [0.25, 0.3) is 0 Å². The van der Waals surface area contributed by atoms with Crippen LogP contribution in [0.25, 0.3) is 21.1 Å². The van der Waals surface area contributed by atoms with Gasteiger partial charge in [0.15, 0.2) is 5.78 Å². The van der Waals surface area contributed by atoms with Crippen molar-refractivity contribution in [1.82, 2.24) is 9.97 Å². The van der Waals surface area contributed by atoms with Crippen LogP contribution in [-0.2, 0) is 25.7 Å². The zero-order chi connectivity index (χ0) is 47.0. The second kappa shape index (κ2) is 28.7. The number of nitrogens with zero attached hydrogens (tertiary/aromatic N) is 2. The van der Waals surface area contributed by atoms with Crippen LogP contribution in [0.3, 0.4) is 0 Å². The number of thiazole rings is 2. The summed E-state index contributed by atoms with van der Waals surface area (Å²) in [6.07, 6.45) is 8.47. The molecule has 14 heteroatoms. The first-order chi connectivity index (χ1) is 31.1. The average molecular weight is 1380 g/mol. The van der Waals surface area contributed by atoms with Crippen molar-refractivity contribution in [2.24, 2.45) is 17.6 Å². The molecule has 0 aliphatic heterocycles. The molecular weight excluding hydrogens is 1320 g/mol. The molecule has 6 aromatic rings. The second-order valence-electron chi connectivity index (χ2n) is 16.8. The maximum absolute atomic E-state index is 12.7. The van der Waals surface area contributed by atoms with Gasteiger partial charge < -0.3 is 21.1 Å². The molecule has 8 nitrogen and oxygen atoms in total. The molecule has 5 N–H and O–H groups in total. The van der Waals surface area contributed by atoms with Gasteiger partial charge in [-0.15, -0.1) is 22.7 Å². The Morgan fingerprint density at radius 3 is 1.36 bits per heavy atom. The molecule has 0 unspecified atom stereocenters. The monoisotopic (exact) mass is 1380 g/mol. The van der Waals surface area contributed by atoms with Crippen molar-refractivity contribution < 1.29 is 24.9 Å². The van der Waals surface area contributed by atoms with E-state index in [9.17, 15) is 19.8 Å². The number of carbonyl (C=O) groups is 2. The Kier molecular flexibility index (Phi) is 24.6. The standard InChI is InChI=1S/C26H29NO2S.C13H19NO.C12H11NO2S.CH4.I4/c1-17-7-10-20(11-8-17)26-27-18(2)25(30-26)24(29)14-13-23(28)12-9-19-15-21-5-3-4-6-22(21)16-19;14-9-13(15)6-5-10-7-11-3-1-2-4-12(11)8-10;1-7-3-5-9(6-4-7)11-13-8(2)10(16-11)12(14)15;;1-4(2)3/h3-8,10-11,19,23,28H,9,12-16H2,1-2H3;1-4,10,13,15H,5-9,14H2;3-6H,1-2H3,(H,14,15);1H4;/t23-;13-;;;/m11.../s1. The summed E-state index contributed by atoms with van der Waals surface area (Å²) < 4.78 is 0. The third kappa shape index (κ3) is 18.1. The van der Waals surface area contributed by atoms with Gasteiger partial charge in [0.2, 0.25) is 0 Å². The van der Waals surface area contributed by atoms with E-state index >= 15 is 0 Å². The van der Waals surface area contributed by atoms with Crippen LogP contribution in [0.4, 0.5) is 0 Å². The Bertz CT molecular complexity index is 2390. The molecule has 0 amide bonds. The topological polar surface area (TPSA) is 147 Å². The maximum atomic E-state index is 12.7. The molecule has 0 spiro atoms. The van der Waals surface area contributed by atoms with Crippen LogP contribution in [0.15, 0.2) is 97.1 Å². The molecular formula is C52H63I4N3O5S2. The Balaban J connectivity index is 0.000000223. The van der Waals surface area contributed by atoms with Gasteiger partial charge >= 0.3 is 69.7 Å². The minimum Gasteiger partial charge on any atom is -0.392 e. The van der Waals surface area contributed by atoms with Crippen LogP contribution in [0.1, 0.15) is 110 Å². The van der Waals surface area contributed by atoms with E-state index in [1.807, 2.05) is 50.2 Å². The van der Waals surface area contributed by atoms with E-state index in [0.717, 1.165) is 70.2 Å². The molecule has 4 aromatic carbocycles. The van der Waals surface area contributed by atoms with Crippen molar-refractivity contribution in [3.8, 4) is 21.1 Å². The summed E-state index contributed by atoms with van der Waals surface area (Å²) in [5, 5.41) is 30.4. The van der Waals surface area contributed by atoms with Crippen LogP contribution in [-0.4, -0.2) is 55.8 Å². The number of carboxylic acid groups (broad SMARTS) is 1. The van der Waals surface area contributed by atoms with Crippen LogP contribution in [0, 0.1) is 39.5 Å². The fourth-order valence-electron chi connectivity index (χ4n) is 8.13. The number of rotatable bonds is 14. The largest absolute Gasteiger partial charge is 0.392 e. The minimum atomic E-state index is -0.909. The molecule has 8 rings (SSSR count). The van der Waals surface area contributed by atoms with Crippen LogP contribution < -0.4 is 5.73 Å². The molecule has 356 valence electrons. The molecule has 2 aliphatic rings. The molecule has 0 bridgehead atoms. The number of carboxylic acids is 1. The third-order valence-electron chi connectivity index (χ3n) is 11.7. The van der Waals surface area contributed by atoms with Crippen LogP contribution in [0.5, 0.6) is 0 Å². The van der Waals surface area contributed by atoms with Gasteiger partial charge in [0.05, 0.1) is 28.5 Å². The summed E-state index contributed by atoms with van der Waals surface area (Å²) in [5.41, 5.74) is 17.0. The number of ketones is 1. The number of aromatic carboxylic acids is 1. The SMILES string of the molecule is C.Cc1ccc(-c2nc(C)c(C(=O)CC[C@H](O)CCC3Cc4ccccc4C3)s2)cc1.Cc1ccc(-c2nc(C)c(C(=O)O)s2)cc1.II(I)I.NC[C@H](O)CCC1Cc2ccccc2C1. The summed E-state index contributed by atoms with van der Waals surface area (Å²) >= 11 is 10.1. The fraction of sp³-hybridized carbons (Fsp3) is 0.385. The molecule has 66 heavy (non-hydrogen) atoms. The number of benzene rings is 4. The molecule has 2 aromatic heterocycles. The number of aromatic nitrogens is 2. The Morgan fingerprint density at radius 1 is 0.636 bits per heavy atom. The zero-order valence-electron chi connectivity index (χ0n) is 37.3. The average Bonchev–Trinajstić information content (AvgIpc) is 4.09. The molecule has 2 atom stereocenters. The van der Waals surface area contributed by atoms with E-state index in [-0.39, 0.29) is 27.2 Å². The summed E-state index contributed by atoms with van der Waals surface area (Å²) in [5.74, 6) is 0.515. The smallest absolute Gasteiger partial charge is 0.0662 e. The van der Waals surface area contributed by atoms with E-state index in [1.54, 1.807) is 6.92 Å². The van der Waals surface area contributed by atoms with Crippen LogP contribution >= 0.6 is 86.4 Å². The van der Waals surface area contributed by atoms with Crippen molar-refractivity contribution >= 4 is 98.2 Å². The second-order valence-corrected chi connectivity index (χ2v) is 67.5. The number of hydrogen-bond donors (Lipinski definition) is 4. The predicted octanol–water partition coefficient (Wildman–Crippen LogP) is 14.8. The number of nitrogens with two attached hydrogens (primary N) is 1. The molecule has 0 saturated carbocycles. The van der Waals surface area contributed by atoms with Gasteiger partial charge in [0.1, 0.15) is 14.9 Å². The normalized spacial score (nSPS) is 13.9. The summed E-state index contributed by atoms with van der Waals surface area (Å²) in [7, 11) is -0.353. The summed E-state index contributed by atoms with van der Waals surface area (Å²) in [4.78, 5) is 33.5. The zero-order valence-corrected chi connectivity index (χ0v) is 47.5. The number of aryl methyl sites for hydroxylation is 4. The Labute approximate surface area is 436 Å². The molecule has 0 radical (unpaired) electrons. The van der Waals surface area contributed by atoms with Gasteiger partial charge in [-0.25, -0.2) is 14.8 Å². The summed E-state index contributed by atoms with van der Waals surface area (Å²) in [6.45, 7) is 8.08. The number of aliphatic hydroxyl groups is 2. The Morgan fingerprint density at radius 2 is 1.00 bits per heavy atom. The quantitative estimate of drug-likeness (QED) is 0.0623. The summed E-state index contributed by atoms with van der Waals surface area (Å²) in [6, 6.07) is 33.4. The first kappa shape index (κ1) is 56.7. The van der Waals surface area contributed by atoms with Crippen molar-refractivity contribution in [2.75, 3.05) is 6.54 Å². The van der Waals surface area contributed by atoms with Crippen molar-refractivity contribution in [3.05, 3.63) is 152 Å². The van der Waals surface area contributed by atoms with Crippen molar-refractivity contribution in [3.63, 3.8) is 0 Å². The van der Waals surface area contributed by atoms with Gasteiger partial charge in [-0.3, -0.25) is 4.79 Å². The van der Waals surface area contributed by atoms with Gasteiger partial charge in [-0.2, -0.15) is 0 Å². The number of hydrogen-bond acceptors (Lipinski definition) is 9. The van der Waals surface area contributed by atoms with E-state index in [4.69, 9.17) is 10.8 Å². The predicted molar refractivity (Wildman–Crippen MR) is 312 cm³/mol. The molecule has 0 fully saturated rings. The third-order valence-corrected chi connectivity index (χ3v) is 14.1. The van der Waals surface area contributed by atoms with E-state index in [0.29, 0.717) is 41.8 Å². The van der Waals surface area contributed by atoms with Gasteiger partial charge in [-0.05, 0) is 120 Å². The minimum absolute atomic E-state index is 0. The number of carbonyl (C=O) groups excluding carboxylic acids is 1. The molecule has 2 heterocycles. The van der Waals surface area contributed by atoms with Gasteiger partial charge in [0, 0.05) is 24.1 Å². The van der Waals surface area contributed by atoms with Crippen molar-refractivity contribution in [1.29, 1.82) is 0 Å². The first-order valence-electron chi connectivity index (χ1n) is 21.8.